The molecule has 0 aliphatic heterocycles. The number of halogens is 1. The van der Waals surface area contributed by atoms with Gasteiger partial charge in [-0.1, -0.05) is 25.2 Å². The Morgan fingerprint density at radius 2 is 2.19 bits per heavy atom. The highest BCUT2D eigenvalue weighted by Gasteiger charge is 2.34. The topological polar surface area (TPSA) is 94.3 Å². The number of carbonyl (C=O) groups is 2. The second kappa shape index (κ2) is 6.83. The third-order valence-corrected chi connectivity index (χ3v) is 4.20. The van der Waals surface area contributed by atoms with Crippen molar-refractivity contribution in [1.29, 1.82) is 0 Å². The van der Waals surface area contributed by atoms with Crippen LogP contribution in [-0.2, 0) is 16.0 Å². The number of hydrogen-bond acceptors (Lipinski definition) is 6. The predicted octanol–water partition coefficient (Wildman–Crippen LogP) is 1.63. The molecular formula is C13H20ClN3O3S. The second-order valence-corrected chi connectivity index (χ2v) is 6.79. The smallest absolute Gasteiger partial charge is 0.245 e. The summed E-state index contributed by atoms with van der Waals surface area (Å²) in [6.07, 6.45) is 1.25. The van der Waals surface area contributed by atoms with Crippen LogP contribution in [0.3, 0.4) is 0 Å². The van der Waals surface area contributed by atoms with Crippen LogP contribution in [0, 0.1) is 5.41 Å². The molecule has 1 aromatic rings. The fourth-order valence-corrected chi connectivity index (χ4v) is 3.15. The van der Waals surface area contributed by atoms with Crippen LogP contribution in [0.1, 0.15) is 35.6 Å². The van der Waals surface area contributed by atoms with E-state index in [9.17, 15) is 9.59 Å². The monoisotopic (exact) mass is 333 g/mol. The Hall–Kier alpha value is -1.02. The summed E-state index contributed by atoms with van der Waals surface area (Å²) in [5.74, 6) is -0.264. The van der Waals surface area contributed by atoms with Gasteiger partial charge in [-0.15, -0.1) is 12.4 Å². The minimum absolute atomic E-state index is 0. The minimum atomic E-state index is -0.743. The Bertz CT molecular complexity index is 545. The van der Waals surface area contributed by atoms with E-state index in [0.29, 0.717) is 16.4 Å². The molecule has 0 fully saturated rings. The van der Waals surface area contributed by atoms with Crippen molar-refractivity contribution in [3.63, 3.8) is 0 Å². The molecule has 1 aliphatic rings. The van der Waals surface area contributed by atoms with Gasteiger partial charge in [0.25, 0.3) is 0 Å². The van der Waals surface area contributed by atoms with Gasteiger partial charge in [0.15, 0.2) is 10.9 Å². The van der Waals surface area contributed by atoms with Crippen molar-refractivity contribution in [3.05, 3.63) is 10.6 Å². The van der Waals surface area contributed by atoms with Crippen LogP contribution in [0.2, 0.25) is 0 Å². The Labute approximate surface area is 133 Å². The molecule has 8 heteroatoms. The number of nitrogens with zero attached hydrogens (tertiary/aromatic N) is 1. The van der Waals surface area contributed by atoms with Gasteiger partial charge in [0.1, 0.15) is 6.04 Å². The van der Waals surface area contributed by atoms with Crippen molar-refractivity contribution in [1.82, 2.24) is 4.98 Å². The van der Waals surface area contributed by atoms with E-state index < -0.39 is 6.04 Å². The van der Waals surface area contributed by atoms with Crippen molar-refractivity contribution in [2.75, 3.05) is 19.0 Å². The highest BCUT2D eigenvalue weighted by Crippen LogP contribution is 2.38. The Morgan fingerprint density at radius 3 is 2.81 bits per heavy atom. The van der Waals surface area contributed by atoms with Crippen molar-refractivity contribution in [2.45, 2.75) is 32.7 Å². The number of methoxy groups -OCH3 is 1. The maximum absolute atomic E-state index is 12.0. The first-order valence-electron chi connectivity index (χ1n) is 6.41. The van der Waals surface area contributed by atoms with Crippen LogP contribution in [0.25, 0.3) is 0 Å². The Balaban J connectivity index is 0.00000220. The standard InChI is InChI=1S/C13H19N3O3S.ClH/c1-13(2)4-8-10(9(17)5-13)20-12(15-8)16-11(18)7(14)6-19-3;/h7H,4-6,14H2,1-3H3,(H,15,16,18);1H. The van der Waals surface area contributed by atoms with Crippen molar-refractivity contribution in [2.24, 2.45) is 11.1 Å². The van der Waals surface area contributed by atoms with Crippen LogP contribution in [0.4, 0.5) is 5.13 Å². The Morgan fingerprint density at radius 1 is 1.52 bits per heavy atom. The number of fused-ring (bicyclic) bond motifs is 1. The molecule has 1 aliphatic carbocycles. The third-order valence-electron chi connectivity index (χ3n) is 3.15. The maximum Gasteiger partial charge on any atom is 0.245 e. The molecule has 1 atom stereocenters. The van der Waals surface area contributed by atoms with Gasteiger partial charge in [-0.25, -0.2) is 4.98 Å². The molecule has 21 heavy (non-hydrogen) atoms. The molecule has 6 nitrogen and oxygen atoms in total. The van der Waals surface area contributed by atoms with Crippen molar-refractivity contribution < 1.29 is 14.3 Å². The molecule has 0 saturated carbocycles. The average molecular weight is 334 g/mol. The SMILES string of the molecule is COCC(N)C(=O)Nc1nc2c(s1)C(=O)CC(C)(C)C2.Cl. The highest BCUT2D eigenvalue weighted by molar-refractivity contribution is 7.17. The lowest BCUT2D eigenvalue weighted by Gasteiger charge is -2.26. The summed E-state index contributed by atoms with van der Waals surface area (Å²) in [5.41, 5.74) is 6.33. The van der Waals surface area contributed by atoms with E-state index in [4.69, 9.17) is 10.5 Å². The van der Waals surface area contributed by atoms with E-state index in [1.807, 2.05) is 13.8 Å². The zero-order valence-corrected chi connectivity index (χ0v) is 13.9. The fourth-order valence-electron chi connectivity index (χ4n) is 2.23. The average Bonchev–Trinajstić information content (AvgIpc) is 2.70. The maximum atomic E-state index is 12.0. The molecule has 118 valence electrons. The zero-order chi connectivity index (χ0) is 14.9. The van der Waals surface area contributed by atoms with E-state index >= 15 is 0 Å². The van der Waals surface area contributed by atoms with Gasteiger partial charge in [-0.05, 0) is 11.8 Å². The highest BCUT2D eigenvalue weighted by atomic mass is 35.5. The number of nitrogens with two attached hydrogens (primary N) is 1. The van der Waals surface area contributed by atoms with Crippen LogP contribution in [0.5, 0.6) is 0 Å². The Kier molecular flexibility index (Phi) is 5.86. The van der Waals surface area contributed by atoms with Gasteiger partial charge in [0, 0.05) is 13.5 Å². The lowest BCUT2D eigenvalue weighted by atomic mass is 9.78. The number of amides is 1. The second-order valence-electron chi connectivity index (χ2n) is 5.79. The van der Waals surface area contributed by atoms with E-state index in [2.05, 4.69) is 10.3 Å². The molecule has 1 unspecified atom stereocenters. The molecule has 1 aromatic heterocycles. The van der Waals surface area contributed by atoms with E-state index in [1.54, 1.807) is 0 Å². The third kappa shape index (κ3) is 4.23. The number of thiazole rings is 1. The van der Waals surface area contributed by atoms with Gasteiger partial charge in [-0.2, -0.15) is 0 Å². The molecule has 1 heterocycles. The molecule has 0 spiro atoms. The number of ether oxygens (including phenoxy) is 1. The van der Waals surface area contributed by atoms with Crippen LogP contribution < -0.4 is 11.1 Å². The molecule has 0 saturated heterocycles. The number of ketones is 1. The number of hydrogen-bond donors (Lipinski definition) is 2. The number of aromatic nitrogens is 1. The number of carbonyl (C=O) groups excluding carboxylic acids is 2. The fraction of sp³-hybridized carbons (Fsp3) is 0.615. The van der Waals surface area contributed by atoms with Gasteiger partial charge in [0.05, 0.1) is 17.2 Å². The van der Waals surface area contributed by atoms with Gasteiger partial charge >= 0.3 is 0 Å². The summed E-state index contributed by atoms with van der Waals surface area (Å²) in [4.78, 5) is 28.8. The number of nitrogens with one attached hydrogen (secondary N) is 1. The van der Waals surface area contributed by atoms with Crippen LogP contribution >= 0.6 is 23.7 Å². The molecule has 2 rings (SSSR count). The largest absolute Gasteiger partial charge is 0.383 e. The summed E-state index contributed by atoms with van der Waals surface area (Å²) >= 11 is 1.22. The number of rotatable bonds is 4. The molecule has 1 amide bonds. The first kappa shape index (κ1) is 18.0. The summed E-state index contributed by atoms with van der Waals surface area (Å²) in [6.45, 7) is 4.22. The van der Waals surface area contributed by atoms with Crippen molar-refractivity contribution in [3.8, 4) is 0 Å². The normalized spacial score (nSPS) is 17.6. The lowest BCUT2D eigenvalue weighted by Crippen LogP contribution is -2.39. The van der Waals surface area contributed by atoms with Crippen LogP contribution in [0.15, 0.2) is 0 Å². The number of anilines is 1. The molecule has 0 aromatic carbocycles. The molecule has 3 N–H and O–H groups in total. The summed E-state index contributed by atoms with van der Waals surface area (Å²) < 4.78 is 4.83. The van der Waals surface area contributed by atoms with E-state index in [-0.39, 0.29) is 36.1 Å². The van der Waals surface area contributed by atoms with Gasteiger partial charge in [0.2, 0.25) is 5.91 Å². The first-order chi connectivity index (χ1) is 9.32. The summed E-state index contributed by atoms with van der Waals surface area (Å²) in [5, 5.41) is 3.07. The lowest BCUT2D eigenvalue weighted by molar-refractivity contribution is -0.118. The predicted molar refractivity (Wildman–Crippen MR) is 84.3 cm³/mol. The summed E-state index contributed by atoms with van der Waals surface area (Å²) in [7, 11) is 1.48. The zero-order valence-electron chi connectivity index (χ0n) is 12.3. The number of Topliss-reactive ketones (excluding diaryl/α,β-unsaturated/α-hetero) is 1. The van der Waals surface area contributed by atoms with Crippen molar-refractivity contribution >= 4 is 40.6 Å². The first-order valence-corrected chi connectivity index (χ1v) is 7.22. The van der Waals surface area contributed by atoms with E-state index in [1.165, 1.54) is 18.4 Å². The quantitative estimate of drug-likeness (QED) is 0.873. The molecular weight excluding hydrogens is 314 g/mol. The minimum Gasteiger partial charge on any atom is -0.383 e. The van der Waals surface area contributed by atoms with Gasteiger partial charge in [-0.3, -0.25) is 9.59 Å². The molecule has 0 radical (unpaired) electrons. The summed E-state index contributed by atoms with van der Waals surface area (Å²) in [6, 6.07) is -0.743. The van der Waals surface area contributed by atoms with E-state index in [0.717, 1.165) is 12.1 Å². The van der Waals surface area contributed by atoms with Gasteiger partial charge < -0.3 is 15.8 Å². The molecule has 0 bridgehead atoms. The van der Waals surface area contributed by atoms with Crippen LogP contribution in [-0.4, -0.2) is 36.4 Å².